The molecule has 3 heterocycles. The van der Waals surface area contributed by atoms with Crippen molar-refractivity contribution < 1.29 is 9.72 Å². The molecule has 1 N–H and O–H groups in total. The van der Waals surface area contributed by atoms with E-state index in [2.05, 4.69) is 25.3 Å². The maximum Gasteiger partial charge on any atom is 0.271 e. The molecule has 1 fully saturated rings. The minimum absolute atomic E-state index is 0.0362. The van der Waals surface area contributed by atoms with Gasteiger partial charge in [0, 0.05) is 36.5 Å². The number of nitrogens with zero attached hydrogens (tertiary/aromatic N) is 6. The van der Waals surface area contributed by atoms with Crippen molar-refractivity contribution in [3.05, 3.63) is 53.1 Å². The Morgan fingerprint density at radius 2 is 2.21 bits per heavy atom. The van der Waals surface area contributed by atoms with Crippen LogP contribution in [0.25, 0.3) is 10.9 Å². The number of carbonyl (C=O) groups is 1. The molecule has 0 spiro atoms. The number of non-ortho nitro benzene ring substituents is 1. The molecule has 2 aromatic heterocycles. The van der Waals surface area contributed by atoms with Crippen LogP contribution in [-0.2, 0) is 11.5 Å². The van der Waals surface area contributed by atoms with Gasteiger partial charge in [0.25, 0.3) is 5.69 Å². The molecule has 10 heteroatoms. The van der Waals surface area contributed by atoms with Crippen molar-refractivity contribution in [2.45, 2.75) is 19.5 Å². The second-order valence-electron chi connectivity index (χ2n) is 6.78. The number of hydrogen-bond donors (Lipinski definition) is 1. The molecule has 1 aromatic carbocycles. The van der Waals surface area contributed by atoms with E-state index < -0.39 is 4.92 Å². The zero-order valence-corrected chi connectivity index (χ0v) is 15.1. The fraction of sp³-hybridized carbons (Fsp3) is 0.333. The zero-order chi connectivity index (χ0) is 19.5. The van der Waals surface area contributed by atoms with Gasteiger partial charge in [0.1, 0.15) is 0 Å². The first kappa shape index (κ1) is 18.0. The van der Waals surface area contributed by atoms with E-state index in [0.717, 1.165) is 24.8 Å². The molecule has 144 valence electrons. The number of piperidine rings is 1. The quantitative estimate of drug-likeness (QED) is 0.530. The molecule has 1 amide bonds. The molecule has 10 nitrogen and oxygen atoms in total. The third kappa shape index (κ3) is 3.81. The number of rotatable bonds is 5. The summed E-state index contributed by atoms with van der Waals surface area (Å²) in [4.78, 5) is 33.3. The van der Waals surface area contributed by atoms with E-state index >= 15 is 0 Å². The fourth-order valence-corrected chi connectivity index (χ4v) is 3.46. The van der Waals surface area contributed by atoms with Crippen LogP contribution in [0.2, 0.25) is 0 Å². The van der Waals surface area contributed by atoms with Gasteiger partial charge < -0.3 is 5.32 Å². The predicted molar refractivity (Wildman–Crippen MR) is 101 cm³/mol. The first-order valence-corrected chi connectivity index (χ1v) is 8.99. The maximum atomic E-state index is 12.5. The lowest BCUT2D eigenvalue weighted by atomic mass is 9.97. The molecule has 4 rings (SSSR count). The Balaban J connectivity index is 1.45. The first-order chi connectivity index (χ1) is 13.6. The molecule has 1 aliphatic heterocycles. The molecule has 28 heavy (non-hydrogen) atoms. The Morgan fingerprint density at radius 1 is 1.32 bits per heavy atom. The minimum Gasteiger partial charge on any atom is -0.309 e. The van der Waals surface area contributed by atoms with Crippen molar-refractivity contribution in [1.82, 2.24) is 24.6 Å². The lowest BCUT2D eigenvalue weighted by Crippen LogP contribution is -2.41. The van der Waals surface area contributed by atoms with Gasteiger partial charge in [-0.3, -0.25) is 29.5 Å². The Kier molecular flexibility index (Phi) is 4.94. The second kappa shape index (κ2) is 7.69. The number of carbonyl (C=O) groups excluding carboxylic acids is 1. The summed E-state index contributed by atoms with van der Waals surface area (Å²) in [5.41, 5.74) is 0.745. The highest BCUT2D eigenvalue weighted by atomic mass is 16.6. The Morgan fingerprint density at radius 3 is 3.00 bits per heavy atom. The highest BCUT2D eigenvalue weighted by molar-refractivity contribution is 5.91. The monoisotopic (exact) mass is 381 g/mol. The zero-order valence-electron chi connectivity index (χ0n) is 15.1. The van der Waals surface area contributed by atoms with Crippen LogP contribution in [0.4, 0.5) is 11.5 Å². The summed E-state index contributed by atoms with van der Waals surface area (Å²) in [6.07, 6.45) is 7.98. The largest absolute Gasteiger partial charge is 0.309 e. The van der Waals surface area contributed by atoms with E-state index in [1.807, 2.05) is 0 Å². The van der Waals surface area contributed by atoms with Crippen LogP contribution in [-0.4, -0.2) is 48.6 Å². The minimum atomic E-state index is -0.412. The van der Waals surface area contributed by atoms with Crippen LogP contribution in [0, 0.1) is 16.0 Å². The third-order valence-electron chi connectivity index (χ3n) is 4.86. The second-order valence-corrected chi connectivity index (χ2v) is 6.78. The third-order valence-corrected chi connectivity index (χ3v) is 4.86. The number of hydrogen-bond acceptors (Lipinski definition) is 7. The van der Waals surface area contributed by atoms with Gasteiger partial charge in [-0.25, -0.2) is 4.98 Å². The van der Waals surface area contributed by atoms with Crippen molar-refractivity contribution in [3.63, 3.8) is 0 Å². The molecule has 1 aliphatic rings. The number of fused-ring (bicyclic) bond motifs is 1. The van der Waals surface area contributed by atoms with Crippen LogP contribution in [0.3, 0.4) is 0 Å². The molecule has 0 bridgehead atoms. The van der Waals surface area contributed by atoms with E-state index in [1.54, 1.807) is 23.1 Å². The Bertz CT molecular complexity index is 1000. The van der Waals surface area contributed by atoms with Crippen molar-refractivity contribution in [1.29, 1.82) is 0 Å². The highest BCUT2D eigenvalue weighted by Gasteiger charge is 2.26. The van der Waals surface area contributed by atoms with Gasteiger partial charge in [0.05, 0.1) is 35.4 Å². The van der Waals surface area contributed by atoms with Gasteiger partial charge in [0.2, 0.25) is 5.91 Å². The maximum absolute atomic E-state index is 12.5. The van der Waals surface area contributed by atoms with Crippen molar-refractivity contribution in [2.24, 2.45) is 5.92 Å². The van der Waals surface area contributed by atoms with E-state index in [4.69, 9.17) is 0 Å². The summed E-state index contributed by atoms with van der Waals surface area (Å²) in [7, 11) is 0. The number of anilines is 1. The standard InChI is InChI=1S/C18H19N7O3/c26-18(22-17-10-19-5-6-20-17)14-2-1-7-23(11-14)12-24-16-8-15(25(27)28)4-3-13(16)9-21-24/h3-6,8-10,14H,1-2,7,11-12H2,(H,20,22,26)/t14-/m0/s1. The highest BCUT2D eigenvalue weighted by Crippen LogP contribution is 2.23. The number of nitro groups is 1. The lowest BCUT2D eigenvalue weighted by Gasteiger charge is -2.31. The molecule has 0 radical (unpaired) electrons. The summed E-state index contributed by atoms with van der Waals surface area (Å²) in [5, 5.41) is 19.1. The molecular weight excluding hydrogens is 362 g/mol. The molecule has 1 saturated heterocycles. The van der Waals surface area contributed by atoms with Gasteiger partial charge in [-0.05, 0) is 25.5 Å². The van der Waals surface area contributed by atoms with E-state index in [0.29, 0.717) is 24.5 Å². The topological polar surface area (TPSA) is 119 Å². The predicted octanol–water partition coefficient (Wildman–Crippen LogP) is 2.04. The van der Waals surface area contributed by atoms with E-state index in [1.165, 1.54) is 24.5 Å². The van der Waals surface area contributed by atoms with E-state index in [9.17, 15) is 14.9 Å². The number of amides is 1. The van der Waals surface area contributed by atoms with Crippen LogP contribution >= 0.6 is 0 Å². The van der Waals surface area contributed by atoms with Crippen LogP contribution in [0.1, 0.15) is 12.8 Å². The van der Waals surface area contributed by atoms with E-state index in [-0.39, 0.29) is 17.5 Å². The normalized spacial score (nSPS) is 17.5. The van der Waals surface area contributed by atoms with Gasteiger partial charge in [-0.1, -0.05) is 0 Å². The molecular formula is C18H19N7O3. The van der Waals surface area contributed by atoms with Crippen LogP contribution in [0.5, 0.6) is 0 Å². The average Bonchev–Trinajstić information content (AvgIpc) is 3.11. The van der Waals surface area contributed by atoms with Crippen molar-refractivity contribution in [3.8, 4) is 0 Å². The molecule has 3 aromatic rings. The SMILES string of the molecule is O=C(Nc1cnccn1)[C@H]1CCCN(Cn2ncc3ccc([N+](=O)[O-])cc32)C1. The molecule has 0 saturated carbocycles. The van der Waals surface area contributed by atoms with Crippen molar-refractivity contribution >= 4 is 28.3 Å². The lowest BCUT2D eigenvalue weighted by molar-refractivity contribution is -0.384. The summed E-state index contributed by atoms with van der Waals surface area (Å²) in [5.74, 6) is 0.202. The van der Waals surface area contributed by atoms with Crippen LogP contribution in [0.15, 0.2) is 43.0 Å². The average molecular weight is 381 g/mol. The molecule has 0 unspecified atom stereocenters. The molecule has 1 atom stereocenters. The number of aromatic nitrogens is 4. The van der Waals surface area contributed by atoms with Gasteiger partial charge >= 0.3 is 0 Å². The first-order valence-electron chi connectivity index (χ1n) is 8.99. The molecule has 0 aliphatic carbocycles. The van der Waals surface area contributed by atoms with Gasteiger partial charge in [-0.2, -0.15) is 5.10 Å². The van der Waals surface area contributed by atoms with Gasteiger partial charge in [-0.15, -0.1) is 0 Å². The Labute approximate surface area is 160 Å². The van der Waals surface area contributed by atoms with Crippen molar-refractivity contribution in [2.75, 3.05) is 18.4 Å². The summed E-state index contributed by atoms with van der Waals surface area (Å²) < 4.78 is 1.74. The number of likely N-dealkylation sites (tertiary alicyclic amines) is 1. The number of nitrogens with one attached hydrogen (secondary N) is 1. The summed E-state index contributed by atoms with van der Waals surface area (Å²) in [6, 6.07) is 4.71. The van der Waals surface area contributed by atoms with Gasteiger partial charge in [0.15, 0.2) is 5.82 Å². The summed E-state index contributed by atoms with van der Waals surface area (Å²) in [6.45, 7) is 1.90. The summed E-state index contributed by atoms with van der Waals surface area (Å²) >= 11 is 0. The fourth-order valence-electron chi connectivity index (χ4n) is 3.46. The number of nitro benzene ring substituents is 1. The van der Waals surface area contributed by atoms with Crippen LogP contribution < -0.4 is 5.32 Å². The smallest absolute Gasteiger partial charge is 0.271 e. The number of benzene rings is 1. The Hall–Kier alpha value is -3.40.